The fourth-order valence-corrected chi connectivity index (χ4v) is 2.93. The lowest BCUT2D eigenvalue weighted by Gasteiger charge is -2.50. The second-order valence-corrected chi connectivity index (χ2v) is 5.82. The van der Waals surface area contributed by atoms with Crippen LogP contribution in [0.2, 0.25) is 0 Å². The summed E-state index contributed by atoms with van der Waals surface area (Å²) in [6.45, 7) is 8.30. The predicted molar refractivity (Wildman–Crippen MR) is 64.2 cm³/mol. The average Bonchev–Trinajstić information content (AvgIpc) is 2.92. The van der Waals surface area contributed by atoms with Crippen molar-refractivity contribution in [3.63, 3.8) is 0 Å². The molecule has 88 valence electrons. The van der Waals surface area contributed by atoms with Crippen LogP contribution < -0.4 is 5.32 Å². The number of hydrogen-bond donors (Lipinski definition) is 1. The van der Waals surface area contributed by atoms with Crippen LogP contribution in [0.3, 0.4) is 0 Å². The zero-order chi connectivity index (χ0) is 11.1. The monoisotopic (exact) mass is 211 g/mol. The Bertz CT molecular complexity index is 223. The van der Waals surface area contributed by atoms with Gasteiger partial charge in [0.15, 0.2) is 0 Å². The lowest BCUT2D eigenvalue weighted by Crippen LogP contribution is -2.64. The molecule has 1 N–H and O–H groups in total. The van der Waals surface area contributed by atoms with E-state index in [9.17, 15) is 0 Å². The first-order valence-electron chi connectivity index (χ1n) is 6.16. The van der Waals surface area contributed by atoms with Gasteiger partial charge in [0.25, 0.3) is 0 Å². The molecule has 2 rings (SSSR count). The largest absolute Gasteiger partial charge is 0.318 e. The maximum absolute atomic E-state index is 3.31. The van der Waals surface area contributed by atoms with Crippen LogP contribution in [-0.2, 0) is 0 Å². The van der Waals surface area contributed by atoms with E-state index in [1.54, 1.807) is 0 Å². The third kappa shape index (κ3) is 2.35. The highest BCUT2D eigenvalue weighted by Gasteiger charge is 2.43. The summed E-state index contributed by atoms with van der Waals surface area (Å²) >= 11 is 0. The van der Waals surface area contributed by atoms with Crippen molar-refractivity contribution in [1.29, 1.82) is 0 Å². The Labute approximate surface area is 93.8 Å². The number of nitrogens with one attached hydrogen (secondary N) is 1. The highest BCUT2D eigenvalue weighted by Crippen LogP contribution is 2.35. The molecule has 3 nitrogen and oxygen atoms in total. The van der Waals surface area contributed by atoms with Gasteiger partial charge in [-0.1, -0.05) is 0 Å². The smallest absolute Gasteiger partial charge is 0.0345 e. The van der Waals surface area contributed by atoms with Gasteiger partial charge in [0, 0.05) is 37.3 Å². The molecule has 0 aromatic rings. The van der Waals surface area contributed by atoms with Crippen LogP contribution in [0.15, 0.2) is 0 Å². The van der Waals surface area contributed by atoms with E-state index < -0.39 is 0 Å². The van der Waals surface area contributed by atoms with Crippen molar-refractivity contribution in [3.05, 3.63) is 0 Å². The fraction of sp³-hybridized carbons (Fsp3) is 1.00. The van der Waals surface area contributed by atoms with Crippen LogP contribution in [-0.4, -0.2) is 61.2 Å². The summed E-state index contributed by atoms with van der Waals surface area (Å²) in [7, 11) is 4.31. The fourth-order valence-electron chi connectivity index (χ4n) is 2.93. The van der Waals surface area contributed by atoms with Crippen LogP contribution in [0.4, 0.5) is 0 Å². The molecular weight excluding hydrogens is 186 g/mol. The molecule has 0 spiro atoms. The minimum Gasteiger partial charge on any atom is -0.318 e. The molecule has 1 atom stereocenters. The summed E-state index contributed by atoms with van der Waals surface area (Å²) in [4.78, 5) is 5.24. The molecule has 0 bridgehead atoms. The van der Waals surface area contributed by atoms with Gasteiger partial charge in [0.1, 0.15) is 0 Å². The first-order chi connectivity index (χ1) is 7.04. The van der Waals surface area contributed by atoms with E-state index in [-0.39, 0.29) is 0 Å². The zero-order valence-corrected chi connectivity index (χ0v) is 10.6. The van der Waals surface area contributed by atoms with Crippen molar-refractivity contribution >= 4 is 0 Å². The molecule has 15 heavy (non-hydrogen) atoms. The van der Waals surface area contributed by atoms with Crippen molar-refractivity contribution in [2.24, 2.45) is 0 Å². The molecule has 0 aromatic carbocycles. The van der Waals surface area contributed by atoms with Crippen molar-refractivity contribution in [2.75, 3.05) is 33.7 Å². The van der Waals surface area contributed by atoms with Crippen molar-refractivity contribution in [3.8, 4) is 0 Å². The van der Waals surface area contributed by atoms with Gasteiger partial charge >= 0.3 is 0 Å². The molecule has 3 heteroatoms. The third-order valence-corrected chi connectivity index (χ3v) is 3.87. The van der Waals surface area contributed by atoms with E-state index in [0.29, 0.717) is 11.6 Å². The maximum atomic E-state index is 3.31. The van der Waals surface area contributed by atoms with Crippen molar-refractivity contribution in [2.45, 2.75) is 44.3 Å². The van der Waals surface area contributed by atoms with Gasteiger partial charge < -0.3 is 5.32 Å². The molecule has 0 amide bonds. The third-order valence-electron chi connectivity index (χ3n) is 3.87. The van der Waals surface area contributed by atoms with Gasteiger partial charge in [0.2, 0.25) is 0 Å². The van der Waals surface area contributed by atoms with Crippen LogP contribution >= 0.6 is 0 Å². The molecule has 1 unspecified atom stereocenters. The van der Waals surface area contributed by atoms with Crippen LogP contribution in [0.5, 0.6) is 0 Å². The Morgan fingerprint density at radius 1 is 1.33 bits per heavy atom. The number of rotatable bonds is 3. The summed E-state index contributed by atoms with van der Waals surface area (Å²) in [6, 6.07) is 1.57. The van der Waals surface area contributed by atoms with Gasteiger partial charge in [0.05, 0.1) is 0 Å². The van der Waals surface area contributed by atoms with E-state index in [1.807, 2.05) is 0 Å². The molecule has 2 fully saturated rings. The Morgan fingerprint density at radius 2 is 2.00 bits per heavy atom. The van der Waals surface area contributed by atoms with Gasteiger partial charge in [-0.3, -0.25) is 9.80 Å². The number of nitrogens with zero attached hydrogens (tertiary/aromatic N) is 2. The van der Waals surface area contributed by atoms with Crippen molar-refractivity contribution in [1.82, 2.24) is 15.1 Å². The predicted octanol–water partition coefficient (Wildman–Crippen LogP) is 0.763. The molecule has 1 heterocycles. The minimum absolute atomic E-state index is 0.361. The lowest BCUT2D eigenvalue weighted by molar-refractivity contribution is -0.00960. The summed E-state index contributed by atoms with van der Waals surface area (Å²) < 4.78 is 0. The van der Waals surface area contributed by atoms with Crippen molar-refractivity contribution < 1.29 is 0 Å². The Hall–Kier alpha value is -0.120. The molecule has 0 aromatic heterocycles. The van der Waals surface area contributed by atoms with Gasteiger partial charge in [-0.25, -0.2) is 0 Å². The average molecular weight is 211 g/mol. The SMILES string of the molecule is CNCC1CN(C2CC2)C(C)(C)CN1C. The van der Waals surface area contributed by atoms with E-state index >= 15 is 0 Å². The molecular formula is C12H25N3. The molecule has 2 aliphatic rings. The van der Waals surface area contributed by atoms with E-state index in [0.717, 1.165) is 12.6 Å². The van der Waals surface area contributed by atoms with E-state index in [1.165, 1.54) is 25.9 Å². The number of hydrogen-bond acceptors (Lipinski definition) is 3. The van der Waals surface area contributed by atoms with Crippen LogP contribution in [0, 0.1) is 0 Å². The molecule has 1 saturated heterocycles. The topological polar surface area (TPSA) is 18.5 Å². The van der Waals surface area contributed by atoms with Gasteiger partial charge in [-0.15, -0.1) is 0 Å². The first-order valence-corrected chi connectivity index (χ1v) is 6.16. The lowest BCUT2D eigenvalue weighted by atomic mass is 9.95. The standard InChI is InChI=1S/C12H25N3/c1-12(2)9-14(4)11(7-13-3)8-15(12)10-5-6-10/h10-11,13H,5-9H2,1-4H3. The zero-order valence-electron chi connectivity index (χ0n) is 10.6. The molecule has 1 aliphatic heterocycles. The minimum atomic E-state index is 0.361. The Kier molecular flexibility index (Phi) is 3.06. The van der Waals surface area contributed by atoms with Crippen LogP contribution in [0.25, 0.3) is 0 Å². The highest BCUT2D eigenvalue weighted by atomic mass is 15.3. The number of likely N-dealkylation sites (N-methyl/N-ethyl adjacent to an activating group) is 2. The Morgan fingerprint density at radius 3 is 2.53 bits per heavy atom. The normalized spacial score (nSPS) is 33.2. The van der Waals surface area contributed by atoms with Gasteiger partial charge in [-0.2, -0.15) is 0 Å². The highest BCUT2D eigenvalue weighted by molar-refractivity contribution is 5.00. The summed E-state index contributed by atoms with van der Waals surface area (Å²) in [6.07, 6.45) is 2.83. The molecule has 0 radical (unpaired) electrons. The summed E-state index contributed by atoms with van der Waals surface area (Å²) in [5.74, 6) is 0. The van der Waals surface area contributed by atoms with Gasteiger partial charge in [-0.05, 0) is 40.8 Å². The summed E-state index contributed by atoms with van der Waals surface area (Å²) in [5.41, 5.74) is 0.361. The van der Waals surface area contributed by atoms with E-state index in [4.69, 9.17) is 0 Å². The maximum Gasteiger partial charge on any atom is 0.0345 e. The second kappa shape index (κ2) is 4.04. The van der Waals surface area contributed by atoms with E-state index in [2.05, 4.69) is 43.1 Å². The molecule has 1 aliphatic carbocycles. The quantitative estimate of drug-likeness (QED) is 0.743. The molecule has 1 saturated carbocycles. The second-order valence-electron chi connectivity index (χ2n) is 5.82. The summed E-state index contributed by atoms with van der Waals surface area (Å²) in [5, 5.41) is 3.31. The first kappa shape index (κ1) is 11.4. The number of piperazine rings is 1. The Balaban J connectivity index is 2.03. The van der Waals surface area contributed by atoms with Crippen LogP contribution in [0.1, 0.15) is 26.7 Å².